The van der Waals surface area contributed by atoms with Crippen LogP contribution in [0.2, 0.25) is 10.0 Å². The van der Waals surface area contributed by atoms with Crippen molar-refractivity contribution in [3.8, 4) is 5.75 Å². The molecule has 1 N–H and O–H groups in total. The Hall–Kier alpha value is -0.970. The summed E-state index contributed by atoms with van der Waals surface area (Å²) in [4.78, 5) is 0. The van der Waals surface area contributed by atoms with Gasteiger partial charge in [-0.2, -0.15) is 0 Å². The predicted octanol–water partition coefficient (Wildman–Crippen LogP) is 6.08. The molecule has 0 heterocycles. The number of rotatable bonds is 4. The van der Waals surface area contributed by atoms with Crippen LogP contribution in [0.25, 0.3) is 0 Å². The number of ether oxygens (including phenoxy) is 1. The van der Waals surface area contributed by atoms with Crippen LogP contribution in [0, 0.1) is 5.82 Å². The van der Waals surface area contributed by atoms with E-state index in [0.717, 1.165) is 0 Å². The zero-order valence-electron chi connectivity index (χ0n) is 11.4. The second kappa shape index (κ2) is 6.86. The van der Waals surface area contributed by atoms with Gasteiger partial charge in [0.15, 0.2) is 0 Å². The van der Waals surface area contributed by atoms with Gasteiger partial charge in [-0.05, 0) is 41.1 Å². The maximum atomic E-state index is 14.0. The van der Waals surface area contributed by atoms with Crippen LogP contribution >= 0.6 is 39.1 Å². The van der Waals surface area contributed by atoms with Crippen molar-refractivity contribution in [2.24, 2.45) is 0 Å². The highest BCUT2D eigenvalue weighted by Gasteiger charge is 2.15. The SMILES string of the molecule is COc1ccc(C(C)Nc2ccc(Br)c(Cl)c2Cl)c(F)c1. The molecule has 0 fully saturated rings. The molecular formula is C15H13BrCl2FNO. The molecule has 1 atom stereocenters. The quantitative estimate of drug-likeness (QED) is 0.637. The average Bonchev–Trinajstić information content (AvgIpc) is 2.47. The monoisotopic (exact) mass is 391 g/mol. The molecular weight excluding hydrogens is 380 g/mol. The van der Waals surface area contributed by atoms with E-state index in [0.29, 0.717) is 31.5 Å². The molecule has 0 radical (unpaired) electrons. The summed E-state index contributed by atoms with van der Waals surface area (Å²) in [5.41, 5.74) is 1.17. The molecule has 0 aromatic heterocycles. The van der Waals surface area contributed by atoms with Gasteiger partial charge in [-0.25, -0.2) is 4.39 Å². The normalized spacial score (nSPS) is 12.1. The van der Waals surface area contributed by atoms with E-state index in [2.05, 4.69) is 21.2 Å². The van der Waals surface area contributed by atoms with Gasteiger partial charge in [-0.15, -0.1) is 0 Å². The maximum absolute atomic E-state index is 14.0. The summed E-state index contributed by atoms with van der Waals surface area (Å²) in [7, 11) is 1.50. The minimum atomic E-state index is -0.339. The highest BCUT2D eigenvalue weighted by Crippen LogP contribution is 2.37. The molecule has 21 heavy (non-hydrogen) atoms. The first-order valence-electron chi connectivity index (χ1n) is 6.17. The summed E-state index contributed by atoms with van der Waals surface area (Å²) < 4.78 is 19.8. The van der Waals surface area contributed by atoms with Crippen LogP contribution in [-0.4, -0.2) is 7.11 Å². The summed E-state index contributed by atoms with van der Waals surface area (Å²) in [6.07, 6.45) is 0. The Kier molecular flexibility index (Phi) is 5.36. The van der Waals surface area contributed by atoms with Crippen molar-refractivity contribution in [3.63, 3.8) is 0 Å². The predicted molar refractivity (Wildman–Crippen MR) is 89.2 cm³/mol. The number of nitrogens with one attached hydrogen (secondary N) is 1. The van der Waals surface area contributed by atoms with Crippen LogP contribution in [-0.2, 0) is 0 Å². The second-order valence-electron chi connectivity index (χ2n) is 4.48. The Balaban J connectivity index is 2.26. The Bertz CT molecular complexity index is 666. The summed E-state index contributed by atoms with van der Waals surface area (Å²) >= 11 is 15.6. The third-order valence-electron chi connectivity index (χ3n) is 3.08. The number of methoxy groups -OCH3 is 1. The van der Waals surface area contributed by atoms with Gasteiger partial charge in [0.05, 0.1) is 28.9 Å². The lowest BCUT2D eigenvalue weighted by Gasteiger charge is -2.18. The fourth-order valence-corrected chi connectivity index (χ4v) is 2.76. The summed E-state index contributed by atoms with van der Waals surface area (Å²) in [6.45, 7) is 1.84. The van der Waals surface area contributed by atoms with Crippen molar-refractivity contribution in [3.05, 3.63) is 56.2 Å². The molecule has 0 saturated heterocycles. The van der Waals surface area contributed by atoms with Crippen LogP contribution in [0.4, 0.5) is 10.1 Å². The Morgan fingerprint density at radius 1 is 1.19 bits per heavy atom. The lowest BCUT2D eigenvalue weighted by Crippen LogP contribution is -2.09. The molecule has 112 valence electrons. The zero-order valence-corrected chi connectivity index (χ0v) is 14.5. The molecule has 2 aromatic rings. The Morgan fingerprint density at radius 2 is 1.90 bits per heavy atom. The number of hydrogen-bond acceptors (Lipinski definition) is 2. The number of benzene rings is 2. The lowest BCUT2D eigenvalue weighted by molar-refractivity contribution is 0.410. The second-order valence-corrected chi connectivity index (χ2v) is 6.09. The van der Waals surface area contributed by atoms with Crippen molar-refractivity contribution in [2.45, 2.75) is 13.0 Å². The lowest BCUT2D eigenvalue weighted by atomic mass is 10.1. The highest BCUT2D eigenvalue weighted by molar-refractivity contribution is 9.10. The first-order valence-corrected chi connectivity index (χ1v) is 7.72. The fraction of sp³-hybridized carbons (Fsp3) is 0.200. The molecule has 2 aromatic carbocycles. The van der Waals surface area contributed by atoms with Gasteiger partial charge < -0.3 is 10.1 Å². The molecule has 1 unspecified atom stereocenters. The van der Waals surface area contributed by atoms with E-state index in [9.17, 15) is 4.39 Å². The third-order valence-corrected chi connectivity index (χ3v) is 4.85. The zero-order chi connectivity index (χ0) is 15.6. The van der Waals surface area contributed by atoms with Crippen LogP contribution in [0.3, 0.4) is 0 Å². The first-order chi connectivity index (χ1) is 9.93. The van der Waals surface area contributed by atoms with Crippen molar-refractivity contribution >= 4 is 44.8 Å². The van der Waals surface area contributed by atoms with E-state index in [-0.39, 0.29) is 11.9 Å². The number of hydrogen-bond donors (Lipinski definition) is 1. The molecule has 0 aliphatic heterocycles. The van der Waals surface area contributed by atoms with Crippen LogP contribution in [0.1, 0.15) is 18.5 Å². The van der Waals surface area contributed by atoms with E-state index in [1.54, 1.807) is 24.3 Å². The van der Waals surface area contributed by atoms with Crippen molar-refractivity contribution < 1.29 is 9.13 Å². The molecule has 0 aliphatic carbocycles. The summed E-state index contributed by atoms with van der Waals surface area (Å²) in [5, 5.41) is 3.97. The first kappa shape index (κ1) is 16.4. The molecule has 0 saturated carbocycles. The molecule has 0 amide bonds. The van der Waals surface area contributed by atoms with Gasteiger partial charge in [-0.1, -0.05) is 29.3 Å². The van der Waals surface area contributed by atoms with Gasteiger partial charge in [0.1, 0.15) is 11.6 Å². The minimum Gasteiger partial charge on any atom is -0.497 e. The van der Waals surface area contributed by atoms with Gasteiger partial charge in [-0.3, -0.25) is 0 Å². The topological polar surface area (TPSA) is 21.3 Å². The Morgan fingerprint density at radius 3 is 2.52 bits per heavy atom. The smallest absolute Gasteiger partial charge is 0.132 e. The highest BCUT2D eigenvalue weighted by atomic mass is 79.9. The van der Waals surface area contributed by atoms with E-state index in [4.69, 9.17) is 27.9 Å². The minimum absolute atomic E-state index is 0.273. The van der Waals surface area contributed by atoms with Gasteiger partial charge in [0.2, 0.25) is 0 Å². The summed E-state index contributed by atoms with van der Waals surface area (Å²) in [6, 6.07) is 8.05. The van der Waals surface area contributed by atoms with Crippen molar-refractivity contribution in [1.29, 1.82) is 0 Å². The molecule has 2 nitrogen and oxygen atoms in total. The summed E-state index contributed by atoms with van der Waals surface area (Å²) in [5.74, 6) is 0.141. The standard InChI is InChI=1S/C15H13BrCl2FNO/c1-8(10-4-3-9(21-2)7-12(10)19)20-13-6-5-11(16)14(17)15(13)18/h3-8,20H,1-2H3. The largest absolute Gasteiger partial charge is 0.497 e. The van der Waals surface area contributed by atoms with E-state index < -0.39 is 0 Å². The van der Waals surface area contributed by atoms with Gasteiger partial charge in [0, 0.05) is 16.1 Å². The van der Waals surface area contributed by atoms with Crippen LogP contribution in [0.15, 0.2) is 34.8 Å². The van der Waals surface area contributed by atoms with E-state index >= 15 is 0 Å². The van der Waals surface area contributed by atoms with Crippen molar-refractivity contribution in [2.75, 3.05) is 12.4 Å². The molecule has 6 heteroatoms. The van der Waals surface area contributed by atoms with Crippen LogP contribution < -0.4 is 10.1 Å². The number of anilines is 1. The van der Waals surface area contributed by atoms with E-state index in [1.165, 1.54) is 13.2 Å². The van der Waals surface area contributed by atoms with E-state index in [1.807, 2.05) is 6.92 Å². The fourth-order valence-electron chi connectivity index (χ4n) is 1.93. The van der Waals surface area contributed by atoms with Crippen molar-refractivity contribution in [1.82, 2.24) is 0 Å². The third kappa shape index (κ3) is 3.62. The van der Waals surface area contributed by atoms with Gasteiger partial charge in [0.25, 0.3) is 0 Å². The Labute approximate surface area is 141 Å². The molecule has 0 bridgehead atoms. The van der Waals surface area contributed by atoms with Gasteiger partial charge >= 0.3 is 0 Å². The van der Waals surface area contributed by atoms with Crippen LogP contribution in [0.5, 0.6) is 5.75 Å². The average molecular weight is 393 g/mol. The number of halogens is 4. The molecule has 2 rings (SSSR count). The molecule has 0 aliphatic rings. The molecule has 0 spiro atoms. The maximum Gasteiger partial charge on any atom is 0.132 e.